The molecule has 0 saturated heterocycles. The van der Waals surface area contributed by atoms with Gasteiger partial charge in [-0.3, -0.25) is 0 Å². The summed E-state index contributed by atoms with van der Waals surface area (Å²) in [4.78, 5) is -1.08. The molecule has 0 bridgehead atoms. The van der Waals surface area contributed by atoms with Crippen LogP contribution in [-0.4, -0.2) is 23.4 Å². The predicted octanol–water partition coefficient (Wildman–Crippen LogP) is 0.552. The number of hydrogen-bond donors (Lipinski definition) is 2. The zero-order valence-electron chi connectivity index (χ0n) is 10.3. The molecular formula is C10H15FN2O4S2. The molecule has 6 nitrogen and oxygen atoms in total. The first-order valence-corrected chi connectivity index (χ1v) is 8.53. The molecule has 0 aromatic heterocycles. The molecule has 1 rings (SSSR count). The Morgan fingerprint density at radius 3 is 2.37 bits per heavy atom. The van der Waals surface area contributed by atoms with Gasteiger partial charge in [-0.15, -0.1) is 0 Å². The fraction of sp³-hybridized carbons (Fsp3) is 0.400. The van der Waals surface area contributed by atoms with E-state index in [1.54, 1.807) is 0 Å². The van der Waals surface area contributed by atoms with Crippen LogP contribution in [0.1, 0.15) is 19.8 Å². The molecule has 1 aromatic rings. The van der Waals surface area contributed by atoms with Crippen LogP contribution in [0.5, 0.6) is 0 Å². The Morgan fingerprint density at radius 1 is 1.26 bits per heavy atom. The lowest BCUT2D eigenvalue weighted by molar-refractivity contribution is 0.551. The summed E-state index contributed by atoms with van der Waals surface area (Å²) in [5.74, 6) is -1.16. The molecule has 0 aliphatic heterocycles. The summed E-state index contributed by atoms with van der Waals surface area (Å²) >= 11 is 0. The van der Waals surface area contributed by atoms with Gasteiger partial charge in [0.05, 0.1) is 4.90 Å². The van der Waals surface area contributed by atoms with Gasteiger partial charge in [-0.2, -0.15) is 0 Å². The second kappa shape index (κ2) is 5.95. The lowest BCUT2D eigenvalue weighted by atomic mass is 10.3. The molecule has 0 fully saturated rings. The van der Waals surface area contributed by atoms with Crippen LogP contribution in [-0.2, 0) is 20.0 Å². The smallest absolute Gasteiger partial charge is 0.225 e. The first-order valence-electron chi connectivity index (χ1n) is 5.50. The predicted molar refractivity (Wildman–Crippen MR) is 67.9 cm³/mol. The molecule has 0 aliphatic rings. The minimum absolute atomic E-state index is 0.190. The lowest BCUT2D eigenvalue weighted by Gasteiger charge is -2.08. The van der Waals surface area contributed by atoms with E-state index in [0.29, 0.717) is 12.5 Å². The van der Waals surface area contributed by atoms with Crippen molar-refractivity contribution in [2.75, 3.05) is 6.54 Å². The molecular weight excluding hydrogens is 295 g/mol. The molecule has 0 unspecified atom stereocenters. The number of primary sulfonamides is 1. The second-order valence-electron chi connectivity index (χ2n) is 3.89. The van der Waals surface area contributed by atoms with Gasteiger partial charge >= 0.3 is 0 Å². The first kappa shape index (κ1) is 16.0. The van der Waals surface area contributed by atoms with Crippen molar-refractivity contribution in [3.05, 3.63) is 24.0 Å². The van der Waals surface area contributed by atoms with Crippen LogP contribution in [0.25, 0.3) is 0 Å². The van der Waals surface area contributed by atoms with Gasteiger partial charge in [0.1, 0.15) is 10.7 Å². The Bertz CT molecular complexity index is 656. The van der Waals surface area contributed by atoms with Crippen LogP contribution < -0.4 is 9.86 Å². The van der Waals surface area contributed by atoms with E-state index in [1.165, 1.54) is 0 Å². The quantitative estimate of drug-likeness (QED) is 0.748. The third kappa shape index (κ3) is 4.23. The van der Waals surface area contributed by atoms with E-state index < -0.39 is 35.7 Å². The van der Waals surface area contributed by atoms with Gasteiger partial charge in [-0.1, -0.05) is 13.3 Å². The SMILES string of the molecule is CCCCNS(=O)(=O)c1ccc(S(N)(=O)=O)cc1F. The lowest BCUT2D eigenvalue weighted by Crippen LogP contribution is -2.25. The van der Waals surface area contributed by atoms with E-state index in [2.05, 4.69) is 4.72 Å². The highest BCUT2D eigenvalue weighted by atomic mass is 32.2. The monoisotopic (exact) mass is 310 g/mol. The van der Waals surface area contributed by atoms with Gasteiger partial charge in [-0.25, -0.2) is 31.1 Å². The Labute approximate surface area is 111 Å². The Balaban J connectivity index is 3.09. The Morgan fingerprint density at radius 2 is 1.89 bits per heavy atom. The van der Waals surface area contributed by atoms with E-state index in [4.69, 9.17) is 5.14 Å². The van der Waals surface area contributed by atoms with Crippen molar-refractivity contribution in [1.29, 1.82) is 0 Å². The number of sulfonamides is 2. The van der Waals surface area contributed by atoms with E-state index in [9.17, 15) is 21.2 Å². The number of nitrogens with two attached hydrogens (primary N) is 1. The maximum atomic E-state index is 13.6. The largest absolute Gasteiger partial charge is 0.243 e. The molecule has 0 amide bonds. The molecule has 0 aliphatic carbocycles. The number of rotatable bonds is 6. The zero-order chi connectivity index (χ0) is 14.7. The standard InChI is InChI=1S/C10H15FN2O4S2/c1-2-3-6-13-19(16,17)10-5-4-8(7-9(10)11)18(12,14)15/h4-5,7,13H,2-3,6H2,1H3,(H2,12,14,15). The minimum atomic E-state index is -4.06. The number of nitrogens with one attached hydrogen (secondary N) is 1. The fourth-order valence-corrected chi connectivity index (χ4v) is 2.99. The molecule has 0 radical (unpaired) electrons. The summed E-state index contributed by atoms with van der Waals surface area (Å²) in [5, 5.41) is 4.82. The highest BCUT2D eigenvalue weighted by molar-refractivity contribution is 7.89. The van der Waals surface area contributed by atoms with Crippen LogP contribution in [0.4, 0.5) is 4.39 Å². The number of unbranched alkanes of at least 4 members (excludes halogenated alkanes) is 1. The molecule has 1 aromatic carbocycles. The number of halogens is 1. The van der Waals surface area contributed by atoms with Gasteiger partial charge in [0.25, 0.3) is 0 Å². The fourth-order valence-electron chi connectivity index (χ4n) is 1.34. The molecule has 0 atom stereocenters. The van der Waals surface area contributed by atoms with Gasteiger partial charge in [0.2, 0.25) is 20.0 Å². The number of benzene rings is 1. The van der Waals surface area contributed by atoms with Gasteiger partial charge in [0.15, 0.2) is 0 Å². The zero-order valence-corrected chi connectivity index (χ0v) is 11.9. The summed E-state index contributed by atoms with van der Waals surface area (Å²) in [6.07, 6.45) is 1.41. The third-order valence-electron chi connectivity index (χ3n) is 2.34. The number of hydrogen-bond acceptors (Lipinski definition) is 4. The van der Waals surface area contributed by atoms with Crippen LogP contribution in [0.3, 0.4) is 0 Å². The van der Waals surface area contributed by atoms with Crippen molar-refractivity contribution in [1.82, 2.24) is 4.72 Å². The first-order chi connectivity index (χ1) is 8.68. The van der Waals surface area contributed by atoms with E-state index in [1.807, 2.05) is 6.92 Å². The van der Waals surface area contributed by atoms with Crippen molar-refractivity contribution >= 4 is 20.0 Å². The molecule has 9 heteroatoms. The topological polar surface area (TPSA) is 106 Å². The maximum absolute atomic E-state index is 13.6. The van der Waals surface area contributed by atoms with E-state index in [-0.39, 0.29) is 6.54 Å². The van der Waals surface area contributed by atoms with Crippen LogP contribution >= 0.6 is 0 Å². The average molecular weight is 310 g/mol. The highest BCUT2D eigenvalue weighted by Crippen LogP contribution is 2.18. The van der Waals surface area contributed by atoms with Crippen molar-refractivity contribution < 1.29 is 21.2 Å². The van der Waals surface area contributed by atoms with Crippen molar-refractivity contribution in [3.63, 3.8) is 0 Å². The van der Waals surface area contributed by atoms with Crippen LogP contribution in [0.2, 0.25) is 0 Å². The third-order valence-corrected chi connectivity index (χ3v) is 4.75. The molecule has 3 N–H and O–H groups in total. The van der Waals surface area contributed by atoms with Crippen LogP contribution in [0, 0.1) is 5.82 Å². The van der Waals surface area contributed by atoms with E-state index >= 15 is 0 Å². The summed E-state index contributed by atoms with van der Waals surface area (Å²) < 4.78 is 61.4. The van der Waals surface area contributed by atoms with Gasteiger partial charge in [0, 0.05) is 6.54 Å². The van der Waals surface area contributed by atoms with E-state index in [0.717, 1.165) is 18.6 Å². The van der Waals surface area contributed by atoms with Crippen molar-refractivity contribution in [3.8, 4) is 0 Å². The summed E-state index contributed by atoms with van der Waals surface area (Å²) in [6, 6.07) is 2.42. The Kier molecular flexibility index (Phi) is 5.02. The molecule has 0 saturated carbocycles. The maximum Gasteiger partial charge on any atom is 0.243 e. The molecule has 108 valence electrons. The van der Waals surface area contributed by atoms with Crippen LogP contribution in [0.15, 0.2) is 28.0 Å². The Hall–Kier alpha value is -1.03. The summed E-state index contributed by atoms with van der Waals surface area (Å²) in [6.45, 7) is 2.07. The summed E-state index contributed by atoms with van der Waals surface area (Å²) in [5.41, 5.74) is 0. The molecule has 19 heavy (non-hydrogen) atoms. The van der Waals surface area contributed by atoms with Gasteiger partial charge in [-0.05, 0) is 24.6 Å². The van der Waals surface area contributed by atoms with Crippen molar-refractivity contribution in [2.24, 2.45) is 5.14 Å². The second-order valence-corrected chi connectivity index (χ2v) is 7.19. The molecule has 0 spiro atoms. The minimum Gasteiger partial charge on any atom is -0.225 e. The normalized spacial score (nSPS) is 12.6. The van der Waals surface area contributed by atoms with Gasteiger partial charge < -0.3 is 0 Å². The molecule has 0 heterocycles. The summed E-state index contributed by atoms with van der Waals surface area (Å²) in [7, 11) is -8.05. The highest BCUT2D eigenvalue weighted by Gasteiger charge is 2.20. The average Bonchev–Trinajstić information content (AvgIpc) is 2.27. The van der Waals surface area contributed by atoms with Crippen molar-refractivity contribution in [2.45, 2.75) is 29.6 Å².